The van der Waals surface area contributed by atoms with Gasteiger partial charge in [-0.15, -0.1) is 5.10 Å². The Morgan fingerprint density at radius 3 is 2.89 bits per heavy atom. The molecule has 2 aromatic heterocycles. The molecule has 2 N–H and O–H groups in total. The number of benzene rings is 1. The Bertz CT molecular complexity index is 777. The van der Waals surface area contributed by atoms with E-state index in [-0.39, 0.29) is 5.56 Å². The molecule has 94 valence electrons. The van der Waals surface area contributed by atoms with Crippen LogP contribution < -0.4 is 0 Å². The number of rotatable bonds is 2. The first kappa shape index (κ1) is 11.4. The van der Waals surface area contributed by atoms with E-state index in [2.05, 4.69) is 15.2 Å². The monoisotopic (exact) mass is 253 g/mol. The summed E-state index contributed by atoms with van der Waals surface area (Å²) in [6.07, 6.45) is 1.24. The molecule has 0 saturated carbocycles. The lowest BCUT2D eigenvalue weighted by molar-refractivity contribution is 0.0696. The van der Waals surface area contributed by atoms with E-state index in [1.807, 2.05) is 31.2 Å². The number of H-pyrrole nitrogens is 1. The molecule has 3 aromatic rings. The third kappa shape index (κ3) is 1.95. The molecule has 0 saturated heterocycles. The molecule has 0 amide bonds. The van der Waals surface area contributed by atoms with Crippen LogP contribution in [0.25, 0.3) is 22.3 Å². The fourth-order valence-corrected chi connectivity index (χ4v) is 2.06. The van der Waals surface area contributed by atoms with Crippen LogP contribution in [-0.2, 0) is 0 Å². The van der Waals surface area contributed by atoms with Crippen molar-refractivity contribution in [3.63, 3.8) is 0 Å². The first-order valence-corrected chi connectivity index (χ1v) is 5.80. The number of carbonyl (C=O) groups is 1. The van der Waals surface area contributed by atoms with E-state index in [0.29, 0.717) is 5.69 Å². The zero-order valence-electron chi connectivity index (χ0n) is 10.2. The van der Waals surface area contributed by atoms with E-state index in [4.69, 9.17) is 5.11 Å². The van der Waals surface area contributed by atoms with Crippen molar-refractivity contribution in [3.8, 4) is 11.4 Å². The van der Waals surface area contributed by atoms with Crippen LogP contribution in [-0.4, -0.2) is 26.3 Å². The van der Waals surface area contributed by atoms with Gasteiger partial charge in [-0.2, -0.15) is 5.10 Å². The van der Waals surface area contributed by atoms with Crippen molar-refractivity contribution < 1.29 is 9.90 Å². The minimum absolute atomic E-state index is 0.125. The second-order valence-electron chi connectivity index (χ2n) is 4.36. The molecule has 0 radical (unpaired) electrons. The molecule has 0 aliphatic rings. The lowest BCUT2D eigenvalue weighted by Gasteiger charge is -1.97. The number of nitrogens with one attached hydrogen (secondary N) is 1. The smallest absolute Gasteiger partial charge is 0.337 e. The number of hydrogen-bond acceptors (Lipinski definition) is 3. The summed E-state index contributed by atoms with van der Waals surface area (Å²) in [5.41, 5.74) is 3.57. The van der Waals surface area contributed by atoms with Crippen molar-refractivity contribution in [3.05, 3.63) is 47.7 Å². The maximum absolute atomic E-state index is 10.9. The van der Waals surface area contributed by atoms with Crippen LogP contribution in [0.1, 0.15) is 15.9 Å². The van der Waals surface area contributed by atoms with E-state index in [9.17, 15) is 4.79 Å². The Morgan fingerprint density at radius 1 is 1.32 bits per heavy atom. The van der Waals surface area contributed by atoms with E-state index in [1.165, 1.54) is 12.3 Å². The zero-order chi connectivity index (χ0) is 13.4. The highest BCUT2D eigenvalue weighted by Gasteiger charge is 2.10. The van der Waals surface area contributed by atoms with Gasteiger partial charge in [0.25, 0.3) is 0 Å². The van der Waals surface area contributed by atoms with Gasteiger partial charge in [0.15, 0.2) is 0 Å². The predicted molar refractivity (Wildman–Crippen MR) is 71.0 cm³/mol. The number of aromatic amines is 1. The fourth-order valence-electron chi connectivity index (χ4n) is 2.06. The molecule has 1 aromatic carbocycles. The molecule has 19 heavy (non-hydrogen) atoms. The van der Waals surface area contributed by atoms with Gasteiger partial charge in [-0.25, -0.2) is 4.79 Å². The van der Waals surface area contributed by atoms with Crippen LogP contribution in [0, 0.1) is 6.92 Å². The number of aromatic carboxylic acids is 1. The number of nitrogens with zero attached hydrogens (tertiary/aromatic N) is 2. The summed E-state index contributed by atoms with van der Waals surface area (Å²) in [6, 6.07) is 9.45. The van der Waals surface area contributed by atoms with Crippen molar-refractivity contribution in [2.75, 3.05) is 0 Å². The van der Waals surface area contributed by atoms with Gasteiger partial charge in [-0.3, -0.25) is 0 Å². The van der Waals surface area contributed by atoms with E-state index < -0.39 is 5.97 Å². The van der Waals surface area contributed by atoms with Crippen LogP contribution in [0.2, 0.25) is 0 Å². The molecule has 0 unspecified atom stereocenters. The number of carboxylic acid groups (broad SMARTS) is 1. The van der Waals surface area contributed by atoms with Gasteiger partial charge in [0.1, 0.15) is 5.69 Å². The molecule has 0 aliphatic heterocycles. The largest absolute Gasteiger partial charge is 0.478 e. The van der Waals surface area contributed by atoms with Crippen molar-refractivity contribution >= 4 is 16.9 Å². The molecular weight excluding hydrogens is 242 g/mol. The summed E-state index contributed by atoms with van der Waals surface area (Å²) in [4.78, 5) is 14.2. The Hall–Kier alpha value is -2.69. The number of para-hydroxylation sites is 1. The summed E-state index contributed by atoms with van der Waals surface area (Å²) >= 11 is 0. The highest BCUT2D eigenvalue weighted by atomic mass is 16.4. The van der Waals surface area contributed by atoms with Crippen LogP contribution in [0.4, 0.5) is 0 Å². The number of aromatic nitrogens is 3. The van der Waals surface area contributed by atoms with Crippen LogP contribution in [0.3, 0.4) is 0 Å². The van der Waals surface area contributed by atoms with Crippen LogP contribution >= 0.6 is 0 Å². The summed E-state index contributed by atoms with van der Waals surface area (Å²) in [5, 5.41) is 17.7. The molecule has 3 rings (SSSR count). The van der Waals surface area contributed by atoms with Gasteiger partial charge in [0, 0.05) is 10.9 Å². The normalized spacial score (nSPS) is 10.8. The molecule has 0 bridgehead atoms. The minimum Gasteiger partial charge on any atom is -0.478 e. The molecule has 2 heterocycles. The Kier molecular flexibility index (Phi) is 2.52. The zero-order valence-corrected chi connectivity index (χ0v) is 10.2. The average molecular weight is 253 g/mol. The second-order valence-corrected chi connectivity index (χ2v) is 4.36. The Labute approximate surface area is 108 Å². The standard InChI is InChI=1S/C14H11N3O2/c1-8-3-2-4-9-5-11(16-13(8)9)12-6-10(14(18)19)7-15-17-12/h2-7,16H,1H3,(H,18,19). The molecule has 0 spiro atoms. The van der Waals surface area contributed by atoms with Crippen LogP contribution in [0.5, 0.6) is 0 Å². The number of hydrogen-bond donors (Lipinski definition) is 2. The molecule has 0 atom stereocenters. The summed E-state index contributed by atoms with van der Waals surface area (Å²) in [7, 11) is 0. The van der Waals surface area contributed by atoms with Gasteiger partial charge >= 0.3 is 5.97 Å². The van der Waals surface area contributed by atoms with Gasteiger partial charge in [-0.05, 0) is 24.6 Å². The van der Waals surface area contributed by atoms with Crippen molar-refractivity contribution in [2.45, 2.75) is 6.92 Å². The highest BCUT2D eigenvalue weighted by molar-refractivity contribution is 5.90. The lowest BCUT2D eigenvalue weighted by atomic mass is 10.1. The molecule has 5 heteroatoms. The molecule has 0 fully saturated rings. The Balaban J connectivity index is 2.16. The first-order chi connectivity index (χ1) is 9.15. The van der Waals surface area contributed by atoms with Gasteiger partial charge < -0.3 is 10.1 Å². The van der Waals surface area contributed by atoms with Gasteiger partial charge in [0.05, 0.1) is 17.5 Å². The van der Waals surface area contributed by atoms with E-state index in [0.717, 1.165) is 22.2 Å². The van der Waals surface area contributed by atoms with Gasteiger partial charge in [0.2, 0.25) is 0 Å². The summed E-state index contributed by atoms with van der Waals surface area (Å²) in [6.45, 7) is 2.02. The SMILES string of the molecule is Cc1cccc2cc(-c3cc(C(=O)O)cnn3)[nH]c12. The third-order valence-corrected chi connectivity index (χ3v) is 3.04. The number of carboxylic acids is 1. The van der Waals surface area contributed by atoms with Crippen molar-refractivity contribution in [1.29, 1.82) is 0 Å². The third-order valence-electron chi connectivity index (χ3n) is 3.04. The Morgan fingerprint density at radius 2 is 2.16 bits per heavy atom. The number of fused-ring (bicyclic) bond motifs is 1. The lowest BCUT2D eigenvalue weighted by Crippen LogP contribution is -1.99. The van der Waals surface area contributed by atoms with E-state index in [1.54, 1.807) is 0 Å². The van der Waals surface area contributed by atoms with Crippen molar-refractivity contribution in [2.24, 2.45) is 0 Å². The predicted octanol–water partition coefficient (Wildman–Crippen LogP) is 2.63. The molecule has 5 nitrogen and oxygen atoms in total. The maximum atomic E-state index is 10.9. The average Bonchev–Trinajstić information content (AvgIpc) is 2.84. The summed E-state index contributed by atoms with van der Waals surface area (Å²) < 4.78 is 0. The van der Waals surface area contributed by atoms with Gasteiger partial charge in [-0.1, -0.05) is 18.2 Å². The molecular formula is C14H11N3O2. The topological polar surface area (TPSA) is 78.9 Å². The van der Waals surface area contributed by atoms with Crippen molar-refractivity contribution in [1.82, 2.24) is 15.2 Å². The molecule has 0 aliphatic carbocycles. The van der Waals surface area contributed by atoms with E-state index >= 15 is 0 Å². The maximum Gasteiger partial charge on any atom is 0.337 e. The fraction of sp³-hybridized carbons (Fsp3) is 0.0714. The quantitative estimate of drug-likeness (QED) is 0.735. The highest BCUT2D eigenvalue weighted by Crippen LogP contribution is 2.24. The van der Waals surface area contributed by atoms with Crippen LogP contribution in [0.15, 0.2) is 36.5 Å². The minimum atomic E-state index is -1.01. The second kappa shape index (κ2) is 4.20. The first-order valence-electron chi connectivity index (χ1n) is 5.80. The number of aryl methyl sites for hydroxylation is 1. The summed E-state index contributed by atoms with van der Waals surface area (Å²) in [5.74, 6) is -1.01.